The van der Waals surface area contributed by atoms with Crippen LogP contribution in [0.25, 0.3) is 0 Å². The predicted octanol–water partition coefficient (Wildman–Crippen LogP) is 2.38. The van der Waals surface area contributed by atoms with E-state index < -0.39 is 0 Å². The minimum absolute atomic E-state index is 0.148. The third kappa shape index (κ3) is 2.93. The van der Waals surface area contributed by atoms with Crippen LogP contribution in [0.1, 0.15) is 18.2 Å². The first-order chi connectivity index (χ1) is 8.17. The van der Waals surface area contributed by atoms with Crippen molar-refractivity contribution < 1.29 is 0 Å². The quantitative estimate of drug-likeness (QED) is 0.849. The van der Waals surface area contributed by atoms with Crippen LogP contribution < -0.4 is 10.9 Å². The lowest BCUT2D eigenvalue weighted by molar-refractivity contribution is 1.07. The summed E-state index contributed by atoms with van der Waals surface area (Å²) in [7, 11) is 0. The minimum atomic E-state index is -0.148. The summed E-state index contributed by atoms with van der Waals surface area (Å²) >= 11 is 0. The molecular formula is C13H15N3O. The molecule has 0 fully saturated rings. The smallest absolute Gasteiger partial charge is 0.252 e. The van der Waals surface area contributed by atoms with Gasteiger partial charge in [-0.1, -0.05) is 19.1 Å². The lowest BCUT2D eigenvalue weighted by Gasteiger charge is -2.06. The largest absolute Gasteiger partial charge is 0.326 e. The van der Waals surface area contributed by atoms with E-state index in [2.05, 4.69) is 34.3 Å². The number of benzene rings is 1. The van der Waals surface area contributed by atoms with E-state index in [0.717, 1.165) is 12.1 Å². The summed E-state index contributed by atoms with van der Waals surface area (Å²) in [4.78, 5) is 18.1. The summed E-state index contributed by atoms with van der Waals surface area (Å²) < 4.78 is 0. The summed E-state index contributed by atoms with van der Waals surface area (Å²) in [6.07, 6.45) is 1.01. The highest BCUT2D eigenvalue weighted by Gasteiger charge is 1.98. The Kier molecular flexibility index (Phi) is 3.23. The van der Waals surface area contributed by atoms with Gasteiger partial charge in [-0.2, -0.15) is 0 Å². The Morgan fingerprint density at radius 1 is 1.29 bits per heavy atom. The van der Waals surface area contributed by atoms with Crippen LogP contribution in [0.15, 0.2) is 35.1 Å². The number of nitrogens with zero attached hydrogens (tertiary/aromatic N) is 1. The second-order valence-electron chi connectivity index (χ2n) is 3.91. The first kappa shape index (κ1) is 11.4. The van der Waals surface area contributed by atoms with Gasteiger partial charge in [-0.15, -0.1) is 0 Å². The van der Waals surface area contributed by atoms with Gasteiger partial charge >= 0.3 is 0 Å². The van der Waals surface area contributed by atoms with Crippen molar-refractivity contribution in [2.24, 2.45) is 0 Å². The van der Waals surface area contributed by atoms with Crippen LogP contribution in [-0.2, 0) is 6.42 Å². The van der Waals surface area contributed by atoms with E-state index >= 15 is 0 Å². The van der Waals surface area contributed by atoms with Crippen LogP contribution in [0.5, 0.6) is 0 Å². The van der Waals surface area contributed by atoms with Crippen molar-refractivity contribution in [1.82, 2.24) is 9.97 Å². The molecule has 88 valence electrons. The number of anilines is 2. The second-order valence-corrected chi connectivity index (χ2v) is 3.91. The van der Waals surface area contributed by atoms with Gasteiger partial charge in [-0.3, -0.25) is 9.78 Å². The Balaban J connectivity index is 2.22. The maximum atomic E-state index is 11.3. The molecule has 2 rings (SSSR count). The number of hydrogen-bond acceptors (Lipinski definition) is 3. The maximum Gasteiger partial charge on any atom is 0.252 e. The van der Waals surface area contributed by atoms with Gasteiger partial charge in [0.05, 0.1) is 0 Å². The fourth-order valence-electron chi connectivity index (χ4n) is 1.60. The summed E-state index contributed by atoms with van der Waals surface area (Å²) in [5, 5.41) is 3.07. The summed E-state index contributed by atoms with van der Waals surface area (Å²) in [5.74, 6) is 0.472. The van der Waals surface area contributed by atoms with Gasteiger partial charge in [0.15, 0.2) is 0 Å². The van der Waals surface area contributed by atoms with Crippen molar-refractivity contribution in [1.29, 1.82) is 0 Å². The molecule has 0 aliphatic carbocycles. The molecule has 1 heterocycles. The predicted molar refractivity (Wildman–Crippen MR) is 68.7 cm³/mol. The molecule has 0 saturated carbocycles. The fraction of sp³-hybridized carbons (Fsp3) is 0.231. The first-order valence-electron chi connectivity index (χ1n) is 5.61. The molecule has 17 heavy (non-hydrogen) atoms. The Labute approximate surface area is 99.7 Å². The van der Waals surface area contributed by atoms with Gasteiger partial charge < -0.3 is 5.32 Å². The van der Waals surface area contributed by atoms with Crippen LogP contribution in [0.4, 0.5) is 11.6 Å². The molecule has 0 radical (unpaired) electrons. The molecule has 0 saturated heterocycles. The zero-order valence-electron chi connectivity index (χ0n) is 9.95. The van der Waals surface area contributed by atoms with Crippen molar-refractivity contribution in [2.45, 2.75) is 20.3 Å². The maximum absolute atomic E-state index is 11.3. The molecule has 0 aliphatic heterocycles. The van der Waals surface area contributed by atoms with E-state index in [9.17, 15) is 4.79 Å². The Bertz CT molecular complexity index is 558. The van der Waals surface area contributed by atoms with E-state index in [-0.39, 0.29) is 5.56 Å². The topological polar surface area (TPSA) is 57.8 Å². The van der Waals surface area contributed by atoms with Crippen LogP contribution in [0, 0.1) is 6.92 Å². The molecule has 0 atom stereocenters. The van der Waals surface area contributed by atoms with Gasteiger partial charge in [0, 0.05) is 17.4 Å². The SMILES string of the molecule is CCc1ccc(Nc2nc(C)cc(=O)[nH]2)cc1. The highest BCUT2D eigenvalue weighted by molar-refractivity contribution is 5.53. The standard InChI is InChI=1S/C13H15N3O/c1-3-10-4-6-11(7-5-10)15-13-14-9(2)8-12(17)16-13/h4-8H,3H2,1-2H3,(H2,14,15,16,17). The van der Waals surface area contributed by atoms with Crippen LogP contribution in [-0.4, -0.2) is 9.97 Å². The van der Waals surface area contributed by atoms with Crippen molar-refractivity contribution in [3.8, 4) is 0 Å². The molecular weight excluding hydrogens is 214 g/mol. The highest BCUT2D eigenvalue weighted by Crippen LogP contribution is 2.13. The molecule has 4 heteroatoms. The lowest BCUT2D eigenvalue weighted by Crippen LogP contribution is -2.10. The highest BCUT2D eigenvalue weighted by atomic mass is 16.1. The molecule has 0 spiro atoms. The molecule has 0 bridgehead atoms. The summed E-state index contributed by atoms with van der Waals surface area (Å²) in [6.45, 7) is 3.91. The van der Waals surface area contributed by atoms with Gasteiger partial charge in [0.1, 0.15) is 0 Å². The molecule has 2 aromatic rings. The second kappa shape index (κ2) is 4.82. The van der Waals surface area contributed by atoms with E-state index in [4.69, 9.17) is 0 Å². The lowest BCUT2D eigenvalue weighted by atomic mass is 10.1. The zero-order valence-corrected chi connectivity index (χ0v) is 9.95. The van der Waals surface area contributed by atoms with Crippen molar-refractivity contribution >= 4 is 11.6 Å². The van der Waals surface area contributed by atoms with E-state index in [1.54, 1.807) is 6.92 Å². The zero-order chi connectivity index (χ0) is 12.3. The van der Waals surface area contributed by atoms with E-state index in [0.29, 0.717) is 11.6 Å². The van der Waals surface area contributed by atoms with Gasteiger partial charge in [0.25, 0.3) is 5.56 Å². The Morgan fingerprint density at radius 3 is 2.59 bits per heavy atom. The van der Waals surface area contributed by atoms with Gasteiger partial charge in [-0.05, 0) is 31.0 Å². The first-order valence-corrected chi connectivity index (χ1v) is 5.61. The average molecular weight is 229 g/mol. The number of aromatic amines is 1. The minimum Gasteiger partial charge on any atom is -0.326 e. The molecule has 0 aliphatic rings. The number of aryl methyl sites for hydroxylation is 2. The van der Waals surface area contributed by atoms with Crippen molar-refractivity contribution in [3.63, 3.8) is 0 Å². The van der Waals surface area contributed by atoms with E-state index in [1.165, 1.54) is 11.6 Å². The molecule has 2 N–H and O–H groups in total. The van der Waals surface area contributed by atoms with Crippen molar-refractivity contribution in [3.05, 3.63) is 51.9 Å². The molecule has 0 unspecified atom stereocenters. The van der Waals surface area contributed by atoms with Crippen LogP contribution in [0.2, 0.25) is 0 Å². The molecule has 4 nitrogen and oxygen atoms in total. The molecule has 1 aromatic heterocycles. The van der Waals surface area contributed by atoms with Crippen LogP contribution in [0.3, 0.4) is 0 Å². The Hall–Kier alpha value is -2.10. The number of nitrogens with one attached hydrogen (secondary N) is 2. The fourth-order valence-corrected chi connectivity index (χ4v) is 1.60. The van der Waals surface area contributed by atoms with Crippen LogP contribution >= 0.6 is 0 Å². The van der Waals surface area contributed by atoms with Crippen molar-refractivity contribution in [2.75, 3.05) is 5.32 Å². The average Bonchev–Trinajstić information content (AvgIpc) is 2.28. The number of rotatable bonds is 3. The van der Waals surface area contributed by atoms with Gasteiger partial charge in [0.2, 0.25) is 5.95 Å². The monoisotopic (exact) mass is 229 g/mol. The third-order valence-electron chi connectivity index (χ3n) is 2.49. The Morgan fingerprint density at radius 2 is 2.00 bits per heavy atom. The van der Waals surface area contributed by atoms with E-state index in [1.807, 2.05) is 12.1 Å². The third-order valence-corrected chi connectivity index (χ3v) is 2.49. The number of hydrogen-bond donors (Lipinski definition) is 2. The molecule has 1 aromatic carbocycles. The number of H-pyrrole nitrogens is 1. The summed E-state index contributed by atoms with van der Waals surface area (Å²) in [5.41, 5.74) is 2.74. The van der Waals surface area contributed by atoms with Gasteiger partial charge in [-0.25, -0.2) is 4.98 Å². The normalized spacial score (nSPS) is 10.2. The summed E-state index contributed by atoms with van der Waals surface area (Å²) in [6, 6.07) is 9.51. The number of aromatic nitrogens is 2. The molecule has 0 amide bonds.